The van der Waals surface area contributed by atoms with E-state index in [1.807, 2.05) is 6.92 Å². The minimum absolute atomic E-state index is 0.0349. The third-order valence-electron chi connectivity index (χ3n) is 5.03. The predicted molar refractivity (Wildman–Crippen MR) is 103 cm³/mol. The van der Waals surface area contributed by atoms with Gasteiger partial charge in [0, 0.05) is 13.7 Å². The molecule has 0 spiro atoms. The summed E-state index contributed by atoms with van der Waals surface area (Å²) in [5.74, 6) is 1.88. The first-order valence-electron chi connectivity index (χ1n) is 9.25. The van der Waals surface area contributed by atoms with E-state index in [1.54, 1.807) is 14.2 Å². The molecule has 142 valence electrons. The fourth-order valence-corrected chi connectivity index (χ4v) is 4.78. The number of hydrogen-bond donors (Lipinski definition) is 1. The number of ether oxygens (including phenoxy) is 2. The molecule has 1 aliphatic rings. The highest BCUT2D eigenvalue weighted by Crippen LogP contribution is 2.35. The molecule has 0 bridgehead atoms. The fraction of sp³-hybridized carbons (Fsp3) is 0.632. The van der Waals surface area contributed by atoms with Gasteiger partial charge >= 0.3 is 0 Å². The van der Waals surface area contributed by atoms with Crippen LogP contribution in [0.5, 0.6) is 5.88 Å². The standard InChI is InChI=1S/C19H27N3O3S/c1-12-15-18(25-3)21-14(11-24-2)22-19(15)26-16(12)17(23)20-10-6-9-13-7-4-5-8-13/h13H,4-11H2,1-3H3,(H,20,23). The van der Waals surface area contributed by atoms with E-state index in [9.17, 15) is 4.79 Å². The summed E-state index contributed by atoms with van der Waals surface area (Å²) in [7, 11) is 3.18. The second-order valence-corrected chi connectivity index (χ2v) is 7.87. The highest BCUT2D eigenvalue weighted by atomic mass is 32.1. The lowest BCUT2D eigenvalue weighted by atomic mass is 10.0. The summed E-state index contributed by atoms with van der Waals surface area (Å²) in [5, 5.41) is 3.87. The van der Waals surface area contributed by atoms with E-state index in [4.69, 9.17) is 9.47 Å². The average Bonchev–Trinajstić information content (AvgIpc) is 3.26. The monoisotopic (exact) mass is 377 g/mol. The van der Waals surface area contributed by atoms with E-state index in [1.165, 1.54) is 43.4 Å². The van der Waals surface area contributed by atoms with Crippen molar-refractivity contribution >= 4 is 27.5 Å². The Hall–Kier alpha value is -1.73. The van der Waals surface area contributed by atoms with Gasteiger partial charge in [-0.2, -0.15) is 4.98 Å². The zero-order valence-electron chi connectivity index (χ0n) is 15.8. The number of aromatic nitrogens is 2. The van der Waals surface area contributed by atoms with Crippen LogP contribution in [0.4, 0.5) is 0 Å². The molecule has 0 aliphatic heterocycles. The van der Waals surface area contributed by atoms with Gasteiger partial charge in [0.1, 0.15) is 11.4 Å². The summed E-state index contributed by atoms with van der Waals surface area (Å²) in [6, 6.07) is 0. The highest BCUT2D eigenvalue weighted by molar-refractivity contribution is 7.20. The molecule has 0 aromatic carbocycles. The van der Waals surface area contributed by atoms with Gasteiger partial charge in [-0.15, -0.1) is 11.3 Å². The topological polar surface area (TPSA) is 73.3 Å². The molecule has 0 radical (unpaired) electrons. The van der Waals surface area contributed by atoms with Gasteiger partial charge in [-0.1, -0.05) is 25.7 Å². The maximum Gasteiger partial charge on any atom is 0.261 e. The Labute approximate surface area is 158 Å². The summed E-state index contributed by atoms with van der Waals surface area (Å²) in [6.07, 6.45) is 7.70. The van der Waals surface area contributed by atoms with Gasteiger partial charge in [-0.3, -0.25) is 4.79 Å². The molecule has 26 heavy (non-hydrogen) atoms. The fourth-order valence-electron chi connectivity index (χ4n) is 3.67. The zero-order valence-corrected chi connectivity index (χ0v) is 16.6. The molecule has 0 atom stereocenters. The van der Waals surface area contributed by atoms with Crippen LogP contribution < -0.4 is 10.1 Å². The van der Waals surface area contributed by atoms with E-state index in [0.29, 0.717) is 23.2 Å². The first-order valence-corrected chi connectivity index (χ1v) is 10.1. The largest absolute Gasteiger partial charge is 0.480 e. The van der Waals surface area contributed by atoms with Gasteiger partial charge in [-0.25, -0.2) is 4.98 Å². The van der Waals surface area contributed by atoms with Gasteiger partial charge < -0.3 is 14.8 Å². The van der Waals surface area contributed by atoms with E-state index in [-0.39, 0.29) is 5.91 Å². The molecule has 1 saturated carbocycles. The van der Waals surface area contributed by atoms with Crippen LogP contribution >= 0.6 is 11.3 Å². The molecule has 1 amide bonds. The molecule has 0 unspecified atom stereocenters. The lowest BCUT2D eigenvalue weighted by molar-refractivity contribution is 0.0956. The number of carbonyl (C=O) groups excluding carboxylic acids is 1. The smallest absolute Gasteiger partial charge is 0.261 e. The third kappa shape index (κ3) is 4.15. The van der Waals surface area contributed by atoms with Crippen LogP contribution in [0.2, 0.25) is 0 Å². The van der Waals surface area contributed by atoms with Crippen LogP contribution in [0.15, 0.2) is 0 Å². The van der Waals surface area contributed by atoms with Crippen molar-refractivity contribution in [2.75, 3.05) is 20.8 Å². The zero-order chi connectivity index (χ0) is 18.5. The molecule has 2 aromatic rings. The Bertz CT molecular complexity index is 769. The van der Waals surface area contributed by atoms with Crippen molar-refractivity contribution in [2.45, 2.75) is 52.1 Å². The normalized spacial score (nSPS) is 14.9. The number of rotatable bonds is 8. The van der Waals surface area contributed by atoms with Crippen molar-refractivity contribution in [2.24, 2.45) is 5.92 Å². The maximum atomic E-state index is 12.6. The number of amides is 1. The lowest BCUT2D eigenvalue weighted by Crippen LogP contribution is -2.24. The second-order valence-electron chi connectivity index (χ2n) is 6.87. The van der Waals surface area contributed by atoms with Gasteiger partial charge in [0.05, 0.1) is 17.4 Å². The Morgan fingerprint density at radius 1 is 1.27 bits per heavy atom. The molecule has 1 aliphatic carbocycles. The van der Waals surface area contributed by atoms with E-state index in [2.05, 4.69) is 15.3 Å². The van der Waals surface area contributed by atoms with Crippen molar-refractivity contribution in [3.63, 3.8) is 0 Å². The summed E-state index contributed by atoms with van der Waals surface area (Å²) >= 11 is 1.39. The van der Waals surface area contributed by atoms with E-state index >= 15 is 0 Å². The van der Waals surface area contributed by atoms with Gasteiger partial charge in [-0.05, 0) is 31.2 Å². The molecular formula is C19H27N3O3S. The second kappa shape index (κ2) is 8.77. The minimum atomic E-state index is -0.0349. The molecule has 2 aromatic heterocycles. The Morgan fingerprint density at radius 3 is 2.73 bits per heavy atom. The summed E-state index contributed by atoms with van der Waals surface area (Å²) in [6.45, 7) is 2.96. The number of nitrogens with zero attached hydrogens (tertiary/aromatic N) is 2. The number of thiophene rings is 1. The van der Waals surface area contributed by atoms with Gasteiger partial charge in [0.2, 0.25) is 5.88 Å². The number of methoxy groups -OCH3 is 2. The Morgan fingerprint density at radius 2 is 2.04 bits per heavy atom. The lowest BCUT2D eigenvalue weighted by Gasteiger charge is -2.09. The molecule has 3 rings (SSSR count). The van der Waals surface area contributed by atoms with Crippen molar-refractivity contribution in [1.29, 1.82) is 0 Å². The molecular weight excluding hydrogens is 350 g/mol. The van der Waals surface area contributed by atoms with Crippen LogP contribution in [-0.4, -0.2) is 36.6 Å². The SMILES string of the molecule is COCc1nc(OC)c2c(C)c(C(=O)NCCCC3CCCC3)sc2n1. The maximum absolute atomic E-state index is 12.6. The van der Waals surface area contributed by atoms with Crippen molar-refractivity contribution in [3.05, 3.63) is 16.3 Å². The van der Waals surface area contributed by atoms with Crippen molar-refractivity contribution in [3.8, 4) is 5.88 Å². The number of aryl methyl sites for hydroxylation is 1. The molecule has 1 fully saturated rings. The molecule has 0 saturated heterocycles. The minimum Gasteiger partial charge on any atom is -0.480 e. The highest BCUT2D eigenvalue weighted by Gasteiger charge is 2.21. The number of fused-ring (bicyclic) bond motifs is 1. The van der Waals surface area contributed by atoms with Crippen molar-refractivity contribution < 1.29 is 14.3 Å². The first-order chi connectivity index (χ1) is 12.6. The van der Waals surface area contributed by atoms with E-state index < -0.39 is 0 Å². The first kappa shape index (κ1) is 19.0. The molecule has 2 heterocycles. The Balaban J connectivity index is 1.70. The van der Waals surface area contributed by atoms with Gasteiger partial charge in [0.15, 0.2) is 5.82 Å². The van der Waals surface area contributed by atoms with Crippen LogP contribution in [-0.2, 0) is 11.3 Å². The van der Waals surface area contributed by atoms with E-state index in [0.717, 1.165) is 34.7 Å². The molecule has 7 heteroatoms. The third-order valence-corrected chi connectivity index (χ3v) is 6.21. The molecule has 1 N–H and O–H groups in total. The summed E-state index contributed by atoms with van der Waals surface area (Å²) in [4.78, 5) is 23.0. The number of nitrogens with one attached hydrogen (secondary N) is 1. The summed E-state index contributed by atoms with van der Waals surface area (Å²) < 4.78 is 10.5. The van der Waals surface area contributed by atoms with Crippen LogP contribution in [0, 0.1) is 12.8 Å². The quantitative estimate of drug-likeness (QED) is 0.707. The van der Waals surface area contributed by atoms with Gasteiger partial charge in [0.25, 0.3) is 5.91 Å². The number of hydrogen-bond acceptors (Lipinski definition) is 6. The van der Waals surface area contributed by atoms with Crippen molar-refractivity contribution in [1.82, 2.24) is 15.3 Å². The van der Waals surface area contributed by atoms with Crippen LogP contribution in [0.3, 0.4) is 0 Å². The van der Waals surface area contributed by atoms with Crippen LogP contribution in [0.25, 0.3) is 10.2 Å². The number of carbonyl (C=O) groups is 1. The average molecular weight is 378 g/mol. The van der Waals surface area contributed by atoms with Crippen LogP contribution in [0.1, 0.15) is 59.6 Å². The summed E-state index contributed by atoms with van der Waals surface area (Å²) in [5.41, 5.74) is 0.874. The predicted octanol–water partition coefficient (Wildman–Crippen LogP) is 3.85. The Kier molecular flexibility index (Phi) is 6.43. The molecule has 6 nitrogen and oxygen atoms in total.